The van der Waals surface area contributed by atoms with Gasteiger partial charge in [-0.1, -0.05) is 6.92 Å². The summed E-state index contributed by atoms with van der Waals surface area (Å²) in [6.07, 6.45) is -1.20. The molecule has 1 aliphatic carbocycles. The second-order valence-corrected chi connectivity index (χ2v) is 6.10. The normalized spacial score (nSPS) is 30.8. The summed E-state index contributed by atoms with van der Waals surface area (Å²) in [5, 5.41) is 14.5. The van der Waals surface area contributed by atoms with E-state index in [4.69, 9.17) is 0 Å². The Hall–Kier alpha value is -1.96. The molecule has 1 fully saturated rings. The maximum atomic E-state index is 13.6. The fourth-order valence-corrected chi connectivity index (χ4v) is 3.23. The number of aromatic nitrogens is 1. The number of rotatable bonds is 1. The van der Waals surface area contributed by atoms with E-state index in [1.54, 1.807) is 0 Å². The summed E-state index contributed by atoms with van der Waals surface area (Å²) >= 11 is 0. The Balaban J connectivity index is 2.04. The summed E-state index contributed by atoms with van der Waals surface area (Å²) in [7, 11) is 0. The van der Waals surface area contributed by atoms with Crippen molar-refractivity contribution in [2.75, 3.05) is 0 Å². The molecular weight excluding hydrogens is 311 g/mol. The van der Waals surface area contributed by atoms with Crippen molar-refractivity contribution in [2.24, 2.45) is 16.9 Å². The monoisotopic (exact) mass is 327 g/mol. The molecule has 1 amide bonds. The first-order valence-electron chi connectivity index (χ1n) is 7.36. The number of alkyl halides is 3. The van der Waals surface area contributed by atoms with Crippen LogP contribution in [0.5, 0.6) is 0 Å². The number of carbonyl (C=O) groups is 1. The maximum absolute atomic E-state index is 13.6. The number of amides is 1. The van der Waals surface area contributed by atoms with Crippen LogP contribution in [-0.4, -0.2) is 38.6 Å². The van der Waals surface area contributed by atoms with Crippen LogP contribution < -0.4 is 0 Å². The van der Waals surface area contributed by atoms with Gasteiger partial charge >= 0.3 is 6.18 Å². The van der Waals surface area contributed by atoms with E-state index in [1.165, 1.54) is 24.5 Å². The third kappa shape index (κ3) is 2.41. The van der Waals surface area contributed by atoms with Crippen LogP contribution in [0.4, 0.5) is 13.2 Å². The molecule has 3 rings (SSSR count). The Morgan fingerprint density at radius 1 is 1.39 bits per heavy atom. The van der Waals surface area contributed by atoms with Crippen molar-refractivity contribution in [1.82, 2.24) is 9.99 Å². The molecule has 1 aliphatic heterocycles. The minimum atomic E-state index is -5.00. The number of hydrogen-bond donors (Lipinski definition) is 1. The van der Waals surface area contributed by atoms with Gasteiger partial charge in [-0.15, -0.1) is 0 Å². The quantitative estimate of drug-likeness (QED) is 0.862. The minimum Gasteiger partial charge on any atom is -0.362 e. The van der Waals surface area contributed by atoms with Crippen LogP contribution in [-0.2, 0) is 0 Å². The highest BCUT2D eigenvalue weighted by atomic mass is 19.4. The van der Waals surface area contributed by atoms with E-state index in [-0.39, 0.29) is 28.6 Å². The number of hydrazone groups is 1. The Bertz CT molecular complexity index is 647. The van der Waals surface area contributed by atoms with Crippen LogP contribution in [0.2, 0.25) is 0 Å². The maximum Gasteiger partial charge on any atom is 0.439 e. The van der Waals surface area contributed by atoms with Crippen LogP contribution in [0.15, 0.2) is 29.6 Å². The van der Waals surface area contributed by atoms with Gasteiger partial charge in [0.15, 0.2) is 0 Å². The first-order valence-corrected chi connectivity index (χ1v) is 7.36. The Labute approximate surface area is 130 Å². The number of aliphatic hydroxyl groups is 1. The molecule has 124 valence electrons. The lowest BCUT2D eigenvalue weighted by Crippen LogP contribution is -2.61. The van der Waals surface area contributed by atoms with Crippen molar-refractivity contribution in [3.05, 3.63) is 30.1 Å². The van der Waals surface area contributed by atoms with Gasteiger partial charge in [-0.05, 0) is 37.3 Å². The van der Waals surface area contributed by atoms with Crippen LogP contribution in [0.1, 0.15) is 36.5 Å². The van der Waals surface area contributed by atoms with Crippen LogP contribution >= 0.6 is 0 Å². The fraction of sp³-hybridized carbons (Fsp3) is 0.533. The zero-order valence-electron chi connectivity index (χ0n) is 12.4. The van der Waals surface area contributed by atoms with Gasteiger partial charge in [0.2, 0.25) is 0 Å². The molecule has 1 aromatic rings. The third-order valence-corrected chi connectivity index (χ3v) is 4.51. The highest BCUT2D eigenvalue weighted by Crippen LogP contribution is 2.49. The summed E-state index contributed by atoms with van der Waals surface area (Å²) in [6, 6.07) is 2.59. The fourth-order valence-electron chi connectivity index (χ4n) is 3.23. The van der Waals surface area contributed by atoms with E-state index in [2.05, 4.69) is 10.1 Å². The Morgan fingerprint density at radius 2 is 2.04 bits per heavy atom. The van der Waals surface area contributed by atoms with Crippen molar-refractivity contribution in [1.29, 1.82) is 0 Å². The number of carbonyl (C=O) groups excluding carboxylic acids is 1. The number of halogens is 3. The SMILES string of the molecule is CC1CCC2=NN(C(=O)c3ccncc3)C(O)(C(F)(F)F)C2C1. The summed E-state index contributed by atoms with van der Waals surface area (Å²) < 4.78 is 40.9. The number of nitrogens with zero attached hydrogens (tertiary/aromatic N) is 3. The molecule has 0 bridgehead atoms. The molecule has 0 radical (unpaired) electrons. The zero-order valence-corrected chi connectivity index (χ0v) is 12.4. The topological polar surface area (TPSA) is 65.8 Å². The van der Waals surface area contributed by atoms with Gasteiger partial charge in [0, 0.05) is 23.7 Å². The molecule has 0 spiro atoms. The van der Waals surface area contributed by atoms with Gasteiger partial charge in [0.25, 0.3) is 11.6 Å². The zero-order chi connectivity index (χ0) is 16.8. The third-order valence-electron chi connectivity index (χ3n) is 4.51. The van der Waals surface area contributed by atoms with Crippen molar-refractivity contribution in [2.45, 2.75) is 38.1 Å². The standard InChI is InChI=1S/C15H16F3N3O2/c1-9-2-3-12-11(8-9)14(23,15(16,17)18)21(20-12)13(22)10-4-6-19-7-5-10/h4-7,9,11,23H,2-3,8H2,1H3. The van der Waals surface area contributed by atoms with E-state index in [0.717, 1.165) is 0 Å². The van der Waals surface area contributed by atoms with E-state index in [9.17, 15) is 23.1 Å². The van der Waals surface area contributed by atoms with Gasteiger partial charge in [0.05, 0.1) is 5.92 Å². The predicted octanol–water partition coefficient (Wildman–Crippen LogP) is 2.58. The number of hydrogen-bond acceptors (Lipinski definition) is 4. The van der Waals surface area contributed by atoms with Gasteiger partial charge in [-0.2, -0.15) is 23.3 Å². The molecule has 8 heteroatoms. The van der Waals surface area contributed by atoms with Crippen molar-refractivity contribution in [3.63, 3.8) is 0 Å². The van der Waals surface area contributed by atoms with Crippen LogP contribution in [0, 0.1) is 11.8 Å². The Kier molecular flexibility index (Phi) is 3.66. The van der Waals surface area contributed by atoms with Crippen molar-refractivity contribution >= 4 is 11.6 Å². The van der Waals surface area contributed by atoms with E-state index in [0.29, 0.717) is 12.8 Å². The Morgan fingerprint density at radius 3 is 2.65 bits per heavy atom. The van der Waals surface area contributed by atoms with Gasteiger partial charge < -0.3 is 5.11 Å². The number of fused-ring (bicyclic) bond motifs is 1. The minimum absolute atomic E-state index is 0.00118. The second-order valence-electron chi connectivity index (χ2n) is 6.10. The van der Waals surface area contributed by atoms with Crippen LogP contribution in [0.3, 0.4) is 0 Å². The highest BCUT2D eigenvalue weighted by Gasteiger charge is 2.68. The van der Waals surface area contributed by atoms with Gasteiger partial charge in [-0.25, -0.2) is 0 Å². The summed E-state index contributed by atoms with van der Waals surface area (Å²) in [5.41, 5.74) is -3.05. The molecule has 5 nitrogen and oxygen atoms in total. The van der Waals surface area contributed by atoms with Crippen molar-refractivity contribution in [3.8, 4) is 0 Å². The first kappa shape index (κ1) is 15.9. The molecule has 2 heterocycles. The molecule has 1 aromatic heterocycles. The molecular formula is C15H16F3N3O2. The summed E-state index contributed by atoms with van der Waals surface area (Å²) in [4.78, 5) is 16.2. The van der Waals surface area contributed by atoms with E-state index >= 15 is 0 Å². The predicted molar refractivity (Wildman–Crippen MR) is 75.4 cm³/mol. The molecule has 1 N–H and O–H groups in total. The molecule has 0 saturated heterocycles. The van der Waals surface area contributed by atoms with E-state index in [1.807, 2.05) is 6.92 Å². The van der Waals surface area contributed by atoms with Gasteiger partial charge in [0.1, 0.15) is 0 Å². The first-order chi connectivity index (χ1) is 10.7. The van der Waals surface area contributed by atoms with Gasteiger partial charge in [-0.3, -0.25) is 9.78 Å². The summed E-state index contributed by atoms with van der Waals surface area (Å²) in [5.74, 6) is -2.16. The lowest BCUT2D eigenvalue weighted by atomic mass is 9.76. The molecule has 2 aliphatic rings. The summed E-state index contributed by atoms with van der Waals surface area (Å²) in [6.45, 7) is 1.83. The largest absolute Gasteiger partial charge is 0.439 e. The lowest BCUT2D eigenvalue weighted by molar-refractivity contribution is -0.313. The molecule has 3 unspecified atom stereocenters. The number of pyridine rings is 1. The molecule has 23 heavy (non-hydrogen) atoms. The average molecular weight is 327 g/mol. The molecule has 0 aromatic carbocycles. The molecule has 1 saturated carbocycles. The smallest absolute Gasteiger partial charge is 0.362 e. The lowest BCUT2D eigenvalue weighted by Gasteiger charge is -2.39. The van der Waals surface area contributed by atoms with E-state index < -0.39 is 23.7 Å². The second kappa shape index (κ2) is 5.30. The average Bonchev–Trinajstić information content (AvgIpc) is 2.81. The van der Waals surface area contributed by atoms with Crippen molar-refractivity contribution < 1.29 is 23.1 Å². The van der Waals surface area contributed by atoms with Crippen LogP contribution in [0.25, 0.3) is 0 Å². The molecule has 3 atom stereocenters. The highest BCUT2D eigenvalue weighted by molar-refractivity contribution is 5.99.